The number of anilines is 1. The lowest BCUT2D eigenvalue weighted by Gasteiger charge is -2.10. The molecule has 0 unspecified atom stereocenters. The van der Waals surface area contributed by atoms with E-state index in [-0.39, 0.29) is 5.75 Å². The van der Waals surface area contributed by atoms with Crippen LogP contribution in [-0.2, 0) is 10.0 Å². The molecule has 6 heteroatoms. The van der Waals surface area contributed by atoms with Crippen molar-refractivity contribution in [3.8, 4) is 0 Å². The third kappa shape index (κ3) is 6.09. The van der Waals surface area contributed by atoms with E-state index in [0.29, 0.717) is 18.0 Å². The predicted octanol–water partition coefficient (Wildman–Crippen LogP) is 4.48. The van der Waals surface area contributed by atoms with Crippen molar-refractivity contribution in [3.05, 3.63) is 24.3 Å². The quantitative estimate of drug-likeness (QED) is 0.557. The third-order valence-electron chi connectivity index (χ3n) is 3.53. The fraction of sp³-hybridized carbons (Fsp3) is 0.600. The number of alkyl halides is 1. The van der Waals surface area contributed by atoms with Crippen LogP contribution in [0, 0.1) is 0 Å². The molecule has 0 aromatic heterocycles. The van der Waals surface area contributed by atoms with Crippen LogP contribution in [0.4, 0.5) is 5.69 Å². The topological polar surface area (TPSA) is 46.2 Å². The van der Waals surface area contributed by atoms with Crippen molar-refractivity contribution in [2.24, 2.45) is 0 Å². The number of rotatable bonds is 8. The minimum absolute atomic E-state index is 0.123. The van der Waals surface area contributed by atoms with Gasteiger partial charge in [0.25, 0.3) is 0 Å². The lowest BCUT2D eigenvalue weighted by molar-refractivity contribution is 0.598. The molecule has 0 heterocycles. The molecule has 3 nitrogen and oxygen atoms in total. The zero-order valence-corrected chi connectivity index (χ0v) is 14.4. The maximum Gasteiger partial charge on any atom is 0.232 e. The highest BCUT2D eigenvalue weighted by molar-refractivity contribution is 8.00. The summed E-state index contributed by atoms with van der Waals surface area (Å²) >= 11 is 7.46. The summed E-state index contributed by atoms with van der Waals surface area (Å²) in [4.78, 5) is 1.21. The minimum atomic E-state index is -3.26. The Labute approximate surface area is 136 Å². The van der Waals surface area contributed by atoms with Gasteiger partial charge in [-0.05, 0) is 49.9 Å². The Balaban J connectivity index is 1.86. The second-order valence-corrected chi connectivity index (χ2v) is 8.96. The molecule has 0 bridgehead atoms. The average Bonchev–Trinajstić information content (AvgIpc) is 2.94. The van der Waals surface area contributed by atoms with Crippen molar-refractivity contribution in [1.82, 2.24) is 0 Å². The zero-order chi connectivity index (χ0) is 15.1. The standard InChI is InChI=1S/C15H22ClNO2S2/c16-11-3-4-12-21(18,19)17-13-7-9-15(10-8-13)20-14-5-1-2-6-14/h7-10,14,17H,1-6,11-12H2. The van der Waals surface area contributed by atoms with Crippen LogP contribution in [0.25, 0.3) is 0 Å². The first-order chi connectivity index (χ1) is 10.1. The normalized spacial score (nSPS) is 16.2. The molecule has 2 rings (SSSR count). The SMILES string of the molecule is O=S(=O)(CCCCCl)Nc1ccc(SC2CCCC2)cc1. The van der Waals surface area contributed by atoms with Gasteiger partial charge in [-0.1, -0.05) is 12.8 Å². The lowest BCUT2D eigenvalue weighted by atomic mass is 10.3. The van der Waals surface area contributed by atoms with Crippen LogP contribution in [0.2, 0.25) is 0 Å². The summed E-state index contributed by atoms with van der Waals surface area (Å²) in [7, 11) is -3.26. The number of halogens is 1. The van der Waals surface area contributed by atoms with Gasteiger partial charge in [0, 0.05) is 21.7 Å². The van der Waals surface area contributed by atoms with E-state index in [2.05, 4.69) is 4.72 Å². The number of hydrogen-bond acceptors (Lipinski definition) is 3. The number of unbranched alkanes of at least 4 members (excludes halogenated alkanes) is 1. The fourth-order valence-electron chi connectivity index (χ4n) is 2.42. The molecule has 1 aliphatic carbocycles. The monoisotopic (exact) mass is 347 g/mol. The lowest BCUT2D eigenvalue weighted by Crippen LogP contribution is -2.16. The highest BCUT2D eigenvalue weighted by Crippen LogP contribution is 2.35. The molecular weight excluding hydrogens is 326 g/mol. The van der Waals surface area contributed by atoms with Crippen molar-refractivity contribution in [2.75, 3.05) is 16.4 Å². The summed E-state index contributed by atoms with van der Waals surface area (Å²) < 4.78 is 26.4. The molecule has 0 radical (unpaired) electrons. The van der Waals surface area contributed by atoms with Crippen LogP contribution >= 0.6 is 23.4 Å². The van der Waals surface area contributed by atoms with E-state index in [4.69, 9.17) is 11.6 Å². The molecule has 1 aliphatic rings. The van der Waals surface area contributed by atoms with E-state index >= 15 is 0 Å². The van der Waals surface area contributed by atoms with Gasteiger partial charge in [-0.15, -0.1) is 23.4 Å². The van der Waals surface area contributed by atoms with Crippen molar-refractivity contribution in [1.29, 1.82) is 0 Å². The Hall–Kier alpha value is -0.390. The van der Waals surface area contributed by atoms with E-state index in [0.717, 1.165) is 11.7 Å². The highest BCUT2D eigenvalue weighted by atomic mass is 35.5. The number of thioether (sulfide) groups is 1. The average molecular weight is 348 g/mol. The van der Waals surface area contributed by atoms with E-state index < -0.39 is 10.0 Å². The van der Waals surface area contributed by atoms with Gasteiger partial charge < -0.3 is 0 Å². The zero-order valence-electron chi connectivity index (χ0n) is 12.1. The smallest absolute Gasteiger partial charge is 0.232 e. The third-order valence-corrected chi connectivity index (χ3v) is 6.52. The Bertz CT molecular complexity index is 525. The largest absolute Gasteiger partial charge is 0.284 e. The second-order valence-electron chi connectivity index (χ2n) is 5.37. The fourth-order valence-corrected chi connectivity index (χ4v) is 5.03. The Morgan fingerprint density at radius 2 is 1.81 bits per heavy atom. The van der Waals surface area contributed by atoms with Crippen molar-refractivity contribution in [3.63, 3.8) is 0 Å². The Morgan fingerprint density at radius 3 is 2.43 bits per heavy atom. The van der Waals surface area contributed by atoms with Crippen LogP contribution in [0.3, 0.4) is 0 Å². The number of nitrogens with one attached hydrogen (secondary N) is 1. The summed E-state index contributed by atoms with van der Waals surface area (Å²) in [6.45, 7) is 0. The molecule has 1 N–H and O–H groups in total. The van der Waals surface area contributed by atoms with Gasteiger partial charge in [0.2, 0.25) is 10.0 Å². The van der Waals surface area contributed by atoms with Gasteiger partial charge in [-0.2, -0.15) is 0 Å². The molecule has 0 aliphatic heterocycles. The molecule has 0 spiro atoms. The first kappa shape index (κ1) is 17.0. The molecule has 1 fully saturated rings. The van der Waals surface area contributed by atoms with E-state index in [9.17, 15) is 8.42 Å². The van der Waals surface area contributed by atoms with E-state index in [1.54, 1.807) is 0 Å². The van der Waals surface area contributed by atoms with Gasteiger partial charge in [-0.3, -0.25) is 4.72 Å². The molecule has 21 heavy (non-hydrogen) atoms. The molecule has 1 aromatic rings. The molecule has 1 aromatic carbocycles. The van der Waals surface area contributed by atoms with Crippen LogP contribution in [-0.4, -0.2) is 25.3 Å². The molecule has 0 atom stereocenters. The summed E-state index contributed by atoms with van der Waals surface area (Å²) in [5, 5.41) is 0.725. The maximum atomic E-state index is 11.9. The van der Waals surface area contributed by atoms with E-state index in [1.165, 1.54) is 30.6 Å². The van der Waals surface area contributed by atoms with Crippen LogP contribution < -0.4 is 4.72 Å². The minimum Gasteiger partial charge on any atom is -0.284 e. The summed E-state index contributed by atoms with van der Waals surface area (Å²) in [6, 6.07) is 7.69. The highest BCUT2D eigenvalue weighted by Gasteiger charge is 2.16. The van der Waals surface area contributed by atoms with Gasteiger partial charge >= 0.3 is 0 Å². The van der Waals surface area contributed by atoms with Crippen LogP contribution in [0.15, 0.2) is 29.2 Å². The Kier molecular flexibility index (Phi) is 6.71. The predicted molar refractivity (Wildman–Crippen MR) is 91.9 cm³/mol. The van der Waals surface area contributed by atoms with Gasteiger partial charge in [0.1, 0.15) is 0 Å². The van der Waals surface area contributed by atoms with Crippen LogP contribution in [0.1, 0.15) is 38.5 Å². The first-order valence-electron chi connectivity index (χ1n) is 7.42. The Morgan fingerprint density at radius 1 is 1.14 bits per heavy atom. The van der Waals surface area contributed by atoms with Gasteiger partial charge in [0.15, 0.2) is 0 Å². The van der Waals surface area contributed by atoms with Gasteiger partial charge in [0.05, 0.1) is 5.75 Å². The molecule has 0 saturated heterocycles. The van der Waals surface area contributed by atoms with Crippen molar-refractivity contribution >= 4 is 39.1 Å². The maximum absolute atomic E-state index is 11.9. The number of hydrogen-bond donors (Lipinski definition) is 1. The van der Waals surface area contributed by atoms with Crippen molar-refractivity contribution in [2.45, 2.75) is 48.7 Å². The summed E-state index contributed by atoms with van der Waals surface area (Å²) in [5.41, 5.74) is 0.636. The van der Waals surface area contributed by atoms with Crippen LogP contribution in [0.5, 0.6) is 0 Å². The molecule has 0 amide bonds. The van der Waals surface area contributed by atoms with E-state index in [1.807, 2.05) is 36.0 Å². The number of sulfonamides is 1. The molecule has 118 valence electrons. The number of benzene rings is 1. The summed E-state index contributed by atoms with van der Waals surface area (Å²) in [6.07, 6.45) is 6.56. The molecule has 1 saturated carbocycles. The summed E-state index contributed by atoms with van der Waals surface area (Å²) in [5.74, 6) is 0.626. The van der Waals surface area contributed by atoms with Crippen molar-refractivity contribution < 1.29 is 8.42 Å². The van der Waals surface area contributed by atoms with Gasteiger partial charge in [-0.25, -0.2) is 8.42 Å². The molecular formula is C15H22ClNO2S2. The second kappa shape index (κ2) is 8.30. The first-order valence-corrected chi connectivity index (χ1v) is 10.5.